The van der Waals surface area contributed by atoms with Crippen LogP contribution in [0.5, 0.6) is 0 Å². The van der Waals surface area contributed by atoms with E-state index < -0.39 is 4.87 Å². The van der Waals surface area contributed by atoms with Gasteiger partial charge in [-0.15, -0.1) is 11.8 Å². The molecule has 1 saturated heterocycles. The van der Waals surface area contributed by atoms with Crippen molar-refractivity contribution in [2.75, 3.05) is 12.3 Å². The van der Waals surface area contributed by atoms with Gasteiger partial charge in [-0.1, -0.05) is 6.92 Å². The summed E-state index contributed by atoms with van der Waals surface area (Å²) in [4.78, 5) is 23.6. The van der Waals surface area contributed by atoms with E-state index in [2.05, 4.69) is 5.32 Å². The molecule has 13 heavy (non-hydrogen) atoms. The molecule has 0 aromatic heterocycles. The molecule has 0 radical (unpaired) electrons. The summed E-state index contributed by atoms with van der Waals surface area (Å²) in [6, 6.07) is -0.282. The first-order valence-corrected chi connectivity index (χ1v) is 5.31. The zero-order valence-electron chi connectivity index (χ0n) is 8.09. The molecule has 0 spiro atoms. The predicted molar refractivity (Wildman–Crippen MR) is 52.5 cm³/mol. The van der Waals surface area contributed by atoms with E-state index in [9.17, 15) is 9.59 Å². The molecule has 1 fully saturated rings. The molecule has 0 aromatic carbocycles. The lowest BCUT2D eigenvalue weighted by Crippen LogP contribution is -2.44. The fourth-order valence-electron chi connectivity index (χ4n) is 1.47. The molecule has 3 amide bonds. The zero-order valence-corrected chi connectivity index (χ0v) is 8.90. The van der Waals surface area contributed by atoms with Gasteiger partial charge in [0.2, 0.25) is 0 Å². The normalized spacial score (nSPS) is 28.1. The molecule has 0 aliphatic carbocycles. The molecule has 1 unspecified atom stereocenters. The summed E-state index contributed by atoms with van der Waals surface area (Å²) in [5, 5.41) is 2.32. The molecule has 4 nitrogen and oxygen atoms in total. The van der Waals surface area contributed by atoms with Crippen LogP contribution >= 0.6 is 11.8 Å². The molecule has 1 N–H and O–H groups in total. The van der Waals surface area contributed by atoms with Gasteiger partial charge in [0.15, 0.2) is 4.87 Å². The summed E-state index contributed by atoms with van der Waals surface area (Å²) in [6.07, 6.45) is 0. The minimum Gasteiger partial charge on any atom is -0.301 e. The smallest absolute Gasteiger partial charge is 0.301 e. The van der Waals surface area contributed by atoms with E-state index in [4.69, 9.17) is 0 Å². The van der Waals surface area contributed by atoms with Gasteiger partial charge in [-0.25, -0.2) is 4.79 Å². The Hall–Kier alpha value is -0.710. The fraction of sp³-hybridized carbons (Fsp3) is 0.750. The van der Waals surface area contributed by atoms with Gasteiger partial charge in [0.05, 0.1) is 0 Å². The van der Waals surface area contributed by atoms with Gasteiger partial charge in [0.25, 0.3) is 5.91 Å². The topological polar surface area (TPSA) is 49.4 Å². The summed E-state index contributed by atoms with van der Waals surface area (Å²) in [7, 11) is 0. The van der Waals surface area contributed by atoms with Crippen LogP contribution in [0.25, 0.3) is 0 Å². The average Bonchev–Trinajstić information content (AvgIpc) is 2.24. The van der Waals surface area contributed by atoms with Gasteiger partial charge in [-0.05, 0) is 19.6 Å². The highest BCUT2D eigenvalue weighted by atomic mass is 32.2. The highest BCUT2D eigenvalue weighted by Gasteiger charge is 2.48. The van der Waals surface area contributed by atoms with Crippen molar-refractivity contribution >= 4 is 23.7 Å². The van der Waals surface area contributed by atoms with Gasteiger partial charge in [-0.3, -0.25) is 10.1 Å². The standard InChI is InChI=1S/C8H14N2O2S/c1-4-10-7(12)9-6(11)8(10,3)13-5-2/h4-5H2,1-3H3,(H,9,11,12). The Morgan fingerprint density at radius 3 is 2.54 bits per heavy atom. The van der Waals surface area contributed by atoms with Crippen LogP contribution in [0.15, 0.2) is 0 Å². The molecule has 5 heteroatoms. The molecule has 0 saturated carbocycles. The maximum atomic E-state index is 11.5. The molecule has 1 aliphatic heterocycles. The van der Waals surface area contributed by atoms with Crippen LogP contribution in [0.1, 0.15) is 20.8 Å². The van der Waals surface area contributed by atoms with Gasteiger partial charge in [0.1, 0.15) is 0 Å². The van der Waals surface area contributed by atoms with Gasteiger partial charge in [-0.2, -0.15) is 0 Å². The summed E-state index contributed by atoms with van der Waals surface area (Å²) < 4.78 is 0. The lowest BCUT2D eigenvalue weighted by atomic mass is 10.3. The first-order valence-electron chi connectivity index (χ1n) is 4.33. The number of likely N-dealkylation sites (N-methyl/N-ethyl adjacent to an activating group) is 1. The van der Waals surface area contributed by atoms with Crippen molar-refractivity contribution in [3.8, 4) is 0 Å². The van der Waals surface area contributed by atoms with Crippen LogP contribution in [-0.4, -0.2) is 34.0 Å². The predicted octanol–water partition coefficient (Wildman–Crippen LogP) is 1.03. The number of rotatable bonds is 3. The van der Waals surface area contributed by atoms with Crippen molar-refractivity contribution in [3.05, 3.63) is 0 Å². The van der Waals surface area contributed by atoms with Crippen molar-refractivity contribution in [2.45, 2.75) is 25.6 Å². The maximum absolute atomic E-state index is 11.5. The van der Waals surface area contributed by atoms with Gasteiger partial charge < -0.3 is 4.90 Å². The quantitative estimate of drug-likeness (QED) is 0.695. The number of amides is 3. The van der Waals surface area contributed by atoms with Crippen molar-refractivity contribution < 1.29 is 9.59 Å². The number of imide groups is 1. The van der Waals surface area contributed by atoms with E-state index in [1.54, 1.807) is 11.8 Å². The van der Waals surface area contributed by atoms with E-state index in [0.717, 1.165) is 5.75 Å². The van der Waals surface area contributed by atoms with E-state index in [0.29, 0.717) is 6.54 Å². The highest BCUT2D eigenvalue weighted by Crippen LogP contribution is 2.32. The molecule has 1 heterocycles. The molecule has 74 valence electrons. The second-order valence-corrected chi connectivity index (χ2v) is 4.58. The lowest BCUT2D eigenvalue weighted by molar-refractivity contribution is -0.122. The summed E-state index contributed by atoms with van der Waals surface area (Å²) >= 11 is 1.48. The lowest BCUT2D eigenvalue weighted by Gasteiger charge is -2.29. The third-order valence-corrected chi connectivity index (χ3v) is 3.40. The first kappa shape index (κ1) is 10.4. The van der Waals surface area contributed by atoms with Crippen molar-refractivity contribution in [1.82, 2.24) is 10.2 Å². The molecule has 1 atom stereocenters. The number of hydrogen-bond acceptors (Lipinski definition) is 3. The van der Waals surface area contributed by atoms with E-state index in [1.807, 2.05) is 13.8 Å². The summed E-state index contributed by atoms with van der Waals surface area (Å²) in [5.41, 5.74) is 0. The third kappa shape index (κ3) is 1.52. The first-order chi connectivity index (χ1) is 6.06. The highest BCUT2D eigenvalue weighted by molar-refractivity contribution is 8.01. The largest absolute Gasteiger partial charge is 0.325 e. The molecular formula is C8H14N2O2S. The maximum Gasteiger partial charge on any atom is 0.325 e. The summed E-state index contributed by atoms with van der Waals surface area (Å²) in [6.45, 7) is 6.18. The van der Waals surface area contributed by atoms with Gasteiger partial charge >= 0.3 is 6.03 Å². The Morgan fingerprint density at radius 2 is 2.08 bits per heavy atom. The van der Waals surface area contributed by atoms with E-state index in [-0.39, 0.29) is 11.9 Å². The Bertz CT molecular complexity index is 244. The molecule has 0 bridgehead atoms. The minimum absolute atomic E-state index is 0.203. The number of carbonyl (C=O) groups is 2. The second-order valence-electron chi connectivity index (χ2n) is 2.92. The second kappa shape index (κ2) is 3.57. The number of nitrogens with zero attached hydrogens (tertiary/aromatic N) is 1. The number of nitrogens with one attached hydrogen (secondary N) is 1. The molecule has 1 aliphatic rings. The van der Waals surface area contributed by atoms with Gasteiger partial charge in [0, 0.05) is 6.54 Å². The Kier molecular flexibility index (Phi) is 2.85. The van der Waals surface area contributed by atoms with Crippen molar-refractivity contribution in [2.24, 2.45) is 0 Å². The van der Waals surface area contributed by atoms with Crippen LogP contribution in [0.4, 0.5) is 4.79 Å². The SMILES string of the molecule is CCSC1(C)C(=O)NC(=O)N1CC. The van der Waals surface area contributed by atoms with Crippen LogP contribution < -0.4 is 5.32 Å². The van der Waals surface area contributed by atoms with Crippen LogP contribution in [0.2, 0.25) is 0 Å². The number of hydrogen-bond donors (Lipinski definition) is 1. The Balaban J connectivity index is 2.91. The van der Waals surface area contributed by atoms with Crippen molar-refractivity contribution in [1.29, 1.82) is 0 Å². The average molecular weight is 202 g/mol. The number of carbonyl (C=O) groups excluding carboxylic acids is 2. The molecule has 1 rings (SSSR count). The fourth-order valence-corrected chi connectivity index (χ4v) is 2.58. The zero-order chi connectivity index (χ0) is 10.1. The van der Waals surface area contributed by atoms with Crippen molar-refractivity contribution in [3.63, 3.8) is 0 Å². The Labute approximate surface area is 82.0 Å². The van der Waals surface area contributed by atoms with E-state index in [1.165, 1.54) is 11.8 Å². The minimum atomic E-state index is -0.708. The molecule has 0 aromatic rings. The Morgan fingerprint density at radius 1 is 1.46 bits per heavy atom. The monoisotopic (exact) mass is 202 g/mol. The molecular weight excluding hydrogens is 188 g/mol. The van der Waals surface area contributed by atoms with Crippen LogP contribution in [-0.2, 0) is 4.79 Å². The number of urea groups is 1. The summed E-state index contributed by atoms with van der Waals surface area (Å²) in [5.74, 6) is 0.611. The third-order valence-electron chi connectivity index (χ3n) is 2.14. The van der Waals surface area contributed by atoms with E-state index >= 15 is 0 Å². The number of thioether (sulfide) groups is 1. The van der Waals surface area contributed by atoms with Crippen LogP contribution in [0.3, 0.4) is 0 Å². The van der Waals surface area contributed by atoms with Crippen LogP contribution in [0, 0.1) is 0 Å².